The van der Waals surface area contributed by atoms with E-state index in [-0.39, 0.29) is 6.61 Å². The normalized spacial score (nSPS) is 33.1. The molecule has 2 saturated heterocycles. The van der Waals surface area contributed by atoms with Crippen LogP contribution < -0.4 is 5.32 Å². The van der Waals surface area contributed by atoms with Gasteiger partial charge in [-0.1, -0.05) is 18.0 Å². The number of ether oxygens (including phenoxy) is 7. The maximum Gasteiger partial charge on any atom is 0.329 e. The molecule has 0 aromatic carbocycles. The van der Waals surface area contributed by atoms with Crippen LogP contribution in [0.15, 0.2) is 5.11 Å². The minimum atomic E-state index is -1.63. The molecule has 2 aliphatic heterocycles. The zero-order chi connectivity index (χ0) is 31.1. The molecule has 0 bridgehead atoms. The fourth-order valence-corrected chi connectivity index (χ4v) is 4.48. The number of azide groups is 1. The third-order valence-electron chi connectivity index (χ3n) is 6.65. The summed E-state index contributed by atoms with van der Waals surface area (Å²) >= 11 is 0. The van der Waals surface area contributed by atoms with Crippen molar-refractivity contribution in [2.75, 3.05) is 53.7 Å². The second kappa shape index (κ2) is 19.2. The van der Waals surface area contributed by atoms with E-state index < -0.39 is 93.1 Å². The average Bonchev–Trinajstić information content (AvgIpc) is 2.96. The molecule has 2 heterocycles. The van der Waals surface area contributed by atoms with Crippen LogP contribution in [0.2, 0.25) is 0 Å². The second-order valence-electron chi connectivity index (χ2n) is 9.74. The Labute approximate surface area is 242 Å². The molecule has 242 valence electrons. The Balaban J connectivity index is 1.92. The van der Waals surface area contributed by atoms with Crippen LogP contribution in [0.4, 0.5) is 0 Å². The van der Waals surface area contributed by atoms with Crippen LogP contribution in [0.1, 0.15) is 25.7 Å². The molecular formula is C24H42N4O14. The van der Waals surface area contributed by atoms with Crippen LogP contribution in [0.3, 0.4) is 0 Å². The summed E-state index contributed by atoms with van der Waals surface area (Å²) in [6.07, 6.45) is -10.5. The maximum atomic E-state index is 12.2. The number of carboxylic acid groups (broad SMARTS) is 1. The number of nitrogens with zero attached hydrogens (tertiary/aromatic N) is 3. The number of carboxylic acids is 1. The molecule has 18 heteroatoms. The van der Waals surface area contributed by atoms with Gasteiger partial charge < -0.3 is 64.0 Å². The van der Waals surface area contributed by atoms with Gasteiger partial charge in [0.1, 0.15) is 62.0 Å². The summed E-state index contributed by atoms with van der Waals surface area (Å²) in [6, 6.07) is 0. The molecule has 0 aliphatic carbocycles. The van der Waals surface area contributed by atoms with E-state index in [2.05, 4.69) is 15.3 Å². The van der Waals surface area contributed by atoms with Crippen molar-refractivity contribution in [3.63, 3.8) is 0 Å². The first-order valence-corrected chi connectivity index (χ1v) is 13.5. The molecule has 0 aromatic heterocycles. The van der Waals surface area contributed by atoms with Crippen molar-refractivity contribution < 1.29 is 68.3 Å². The number of hydrogen-bond donors (Lipinski definition) is 6. The van der Waals surface area contributed by atoms with Gasteiger partial charge >= 0.3 is 5.97 Å². The van der Waals surface area contributed by atoms with Gasteiger partial charge in [0.2, 0.25) is 5.91 Å². The minimum absolute atomic E-state index is 0.128. The third kappa shape index (κ3) is 11.1. The van der Waals surface area contributed by atoms with E-state index in [4.69, 9.17) is 43.8 Å². The summed E-state index contributed by atoms with van der Waals surface area (Å²) in [5, 5.41) is 57.6. The first-order valence-electron chi connectivity index (χ1n) is 13.5. The predicted octanol–water partition coefficient (Wildman–Crippen LogP) is -1.97. The van der Waals surface area contributed by atoms with Crippen LogP contribution in [0.5, 0.6) is 0 Å². The van der Waals surface area contributed by atoms with Crippen LogP contribution >= 0.6 is 0 Å². The molecule has 0 spiro atoms. The summed E-state index contributed by atoms with van der Waals surface area (Å²) in [5.41, 5.74) is 8.25. The molecular weight excluding hydrogens is 568 g/mol. The van der Waals surface area contributed by atoms with Crippen LogP contribution in [0, 0.1) is 0 Å². The Morgan fingerprint density at radius 1 is 0.833 bits per heavy atom. The smallest absolute Gasteiger partial charge is 0.329 e. The fraction of sp³-hybridized carbons (Fsp3) is 0.917. The number of methoxy groups -OCH3 is 2. The van der Waals surface area contributed by atoms with Gasteiger partial charge in [-0.15, -0.1) is 0 Å². The van der Waals surface area contributed by atoms with E-state index in [1.165, 1.54) is 14.2 Å². The van der Waals surface area contributed by atoms with Crippen molar-refractivity contribution in [2.45, 2.75) is 87.1 Å². The average molecular weight is 611 g/mol. The lowest BCUT2D eigenvalue weighted by molar-refractivity contribution is -0.333. The van der Waals surface area contributed by atoms with Crippen molar-refractivity contribution in [3.05, 3.63) is 10.4 Å². The second-order valence-corrected chi connectivity index (χ2v) is 9.74. The number of amides is 1. The van der Waals surface area contributed by atoms with Gasteiger partial charge in [0.15, 0.2) is 12.6 Å². The molecule has 10 atom stereocenters. The number of aliphatic hydroxyl groups excluding tert-OH is 4. The molecule has 2 rings (SSSR count). The highest BCUT2D eigenvalue weighted by Gasteiger charge is 2.49. The number of aliphatic hydroxyl groups is 4. The number of carbonyl (C=O) groups excluding carboxylic acids is 1. The van der Waals surface area contributed by atoms with E-state index in [0.29, 0.717) is 19.5 Å². The zero-order valence-corrected chi connectivity index (χ0v) is 23.6. The number of hydrogen-bond acceptors (Lipinski definition) is 14. The van der Waals surface area contributed by atoms with Crippen LogP contribution in [-0.2, 0) is 42.7 Å². The van der Waals surface area contributed by atoms with Gasteiger partial charge in [-0.25, -0.2) is 4.79 Å². The van der Waals surface area contributed by atoms with Crippen LogP contribution in [0.25, 0.3) is 10.4 Å². The molecule has 6 N–H and O–H groups in total. The van der Waals surface area contributed by atoms with Crippen molar-refractivity contribution in [3.8, 4) is 0 Å². The molecule has 1 amide bonds. The van der Waals surface area contributed by atoms with Crippen molar-refractivity contribution in [1.82, 2.24) is 5.32 Å². The summed E-state index contributed by atoms with van der Waals surface area (Å²) in [7, 11) is 2.61. The van der Waals surface area contributed by atoms with Crippen LogP contribution in [-0.4, -0.2) is 153 Å². The lowest BCUT2D eigenvalue weighted by atomic mass is 9.98. The van der Waals surface area contributed by atoms with Gasteiger partial charge in [-0.2, -0.15) is 0 Å². The monoisotopic (exact) mass is 610 g/mol. The number of unbranched alkanes of at least 4 members (excludes halogenated alkanes) is 3. The molecule has 42 heavy (non-hydrogen) atoms. The molecule has 0 radical (unpaired) electrons. The third-order valence-corrected chi connectivity index (χ3v) is 6.65. The molecule has 2 fully saturated rings. The SMILES string of the molecule is COCC1O[C@@H](OCC2O[C@H](OC)C(O)[C@@H](OCC(=O)NCCCCCCN=[N+]=[N-])[C@@H]2O)C(O)[C@@H](OCC(=O)O)[C@@H]1O. The minimum Gasteiger partial charge on any atom is -0.480 e. The Morgan fingerprint density at radius 2 is 1.43 bits per heavy atom. The zero-order valence-electron chi connectivity index (χ0n) is 23.6. The van der Waals surface area contributed by atoms with Gasteiger partial charge in [-0.3, -0.25) is 4.79 Å². The number of rotatable bonds is 19. The number of aliphatic carboxylic acids is 1. The van der Waals surface area contributed by atoms with E-state index in [1.807, 2.05) is 0 Å². The van der Waals surface area contributed by atoms with E-state index >= 15 is 0 Å². The Hall–Kier alpha value is -2.19. The first-order chi connectivity index (χ1) is 20.1. The number of carbonyl (C=O) groups is 2. The van der Waals surface area contributed by atoms with E-state index in [1.54, 1.807) is 0 Å². The quantitative estimate of drug-likeness (QED) is 0.0401. The largest absolute Gasteiger partial charge is 0.480 e. The van der Waals surface area contributed by atoms with Crippen molar-refractivity contribution in [2.24, 2.45) is 5.11 Å². The van der Waals surface area contributed by atoms with Gasteiger partial charge in [0.05, 0.1) is 13.2 Å². The maximum absolute atomic E-state index is 12.2. The lowest BCUT2D eigenvalue weighted by Crippen LogP contribution is -2.62. The highest BCUT2D eigenvalue weighted by atomic mass is 16.7. The first kappa shape index (κ1) is 36.0. The summed E-state index contributed by atoms with van der Waals surface area (Å²) in [5.74, 6) is -1.78. The van der Waals surface area contributed by atoms with E-state index in [9.17, 15) is 30.0 Å². The molecule has 4 unspecified atom stereocenters. The Kier molecular flexibility index (Phi) is 16.4. The van der Waals surface area contributed by atoms with Crippen molar-refractivity contribution >= 4 is 11.9 Å². The standard InChI is InChI=1S/C24H42N4O14/c1-36-9-13-17(32)22(39-12-16(30)31)20(35)24(42-13)40-10-14-18(33)21(19(34)23(37-2)41-14)38-11-15(29)26-7-5-3-4-6-8-27-28-25/h13-14,17-24,32-35H,3-12H2,1-2H3,(H,26,29)(H,30,31)/t13?,14?,17-,18-,19?,20?,21+,22+,23+,24-/m1/s1. The molecule has 0 saturated carbocycles. The topological polar surface area (TPSA) is 261 Å². The molecule has 2 aliphatic rings. The predicted molar refractivity (Wildman–Crippen MR) is 139 cm³/mol. The summed E-state index contributed by atoms with van der Waals surface area (Å²) < 4.78 is 37.6. The fourth-order valence-electron chi connectivity index (χ4n) is 4.48. The van der Waals surface area contributed by atoms with Gasteiger partial charge in [0.25, 0.3) is 0 Å². The number of nitrogens with one attached hydrogen (secondary N) is 1. The highest BCUT2D eigenvalue weighted by Crippen LogP contribution is 2.28. The Morgan fingerprint density at radius 3 is 2.05 bits per heavy atom. The van der Waals surface area contributed by atoms with Gasteiger partial charge in [0, 0.05) is 32.2 Å². The van der Waals surface area contributed by atoms with Gasteiger partial charge in [-0.05, 0) is 18.4 Å². The summed E-state index contributed by atoms with van der Waals surface area (Å²) in [6.45, 7) is -1.01. The highest BCUT2D eigenvalue weighted by molar-refractivity contribution is 5.77. The summed E-state index contributed by atoms with van der Waals surface area (Å²) in [4.78, 5) is 25.9. The van der Waals surface area contributed by atoms with E-state index in [0.717, 1.165) is 19.3 Å². The molecule has 18 nitrogen and oxygen atoms in total. The van der Waals surface area contributed by atoms with Crippen molar-refractivity contribution in [1.29, 1.82) is 0 Å². The Bertz CT molecular complexity index is 865. The lowest BCUT2D eigenvalue weighted by Gasteiger charge is -2.44. The molecule has 0 aromatic rings.